The molecule has 8 nitrogen and oxygen atoms in total. The fourth-order valence-corrected chi connectivity index (χ4v) is 2.49. The number of imide groups is 1. The van der Waals surface area contributed by atoms with E-state index in [-0.39, 0.29) is 22.3 Å². The molecule has 0 unspecified atom stereocenters. The topological polar surface area (TPSA) is 93.9 Å². The number of aryl methyl sites for hydroxylation is 1. The number of hydrogen-bond acceptors (Lipinski definition) is 6. The van der Waals surface area contributed by atoms with Crippen molar-refractivity contribution in [2.45, 2.75) is 6.92 Å². The Hall–Kier alpha value is -3.55. The van der Waals surface area contributed by atoms with Gasteiger partial charge in [-0.2, -0.15) is 5.10 Å². The summed E-state index contributed by atoms with van der Waals surface area (Å²) in [5.41, 5.74) is 1.60. The lowest BCUT2D eigenvalue weighted by molar-refractivity contribution is -0.0583. The molecule has 8 heteroatoms. The average Bonchev–Trinajstić information content (AvgIpc) is 3.10. The van der Waals surface area contributed by atoms with Crippen molar-refractivity contribution >= 4 is 23.4 Å². The number of hydroxylamine groups is 2. The van der Waals surface area contributed by atoms with E-state index in [0.717, 1.165) is 5.56 Å². The van der Waals surface area contributed by atoms with E-state index in [9.17, 15) is 14.4 Å². The van der Waals surface area contributed by atoms with Gasteiger partial charge in [-0.1, -0.05) is 17.2 Å². The van der Waals surface area contributed by atoms with Crippen LogP contribution >= 0.6 is 0 Å². The summed E-state index contributed by atoms with van der Waals surface area (Å²) >= 11 is 0. The number of aromatic nitrogens is 3. The second kappa shape index (κ2) is 4.98. The fraction of sp³-hybridized carbons (Fsp3) is 0.0625. The predicted molar refractivity (Wildman–Crippen MR) is 80.1 cm³/mol. The first-order valence-corrected chi connectivity index (χ1v) is 7.06. The zero-order valence-electron chi connectivity index (χ0n) is 12.5. The van der Waals surface area contributed by atoms with Crippen LogP contribution in [0.2, 0.25) is 0 Å². The van der Waals surface area contributed by atoms with Gasteiger partial charge in [-0.3, -0.25) is 9.59 Å². The number of amides is 2. The van der Waals surface area contributed by atoms with Crippen molar-refractivity contribution in [3.05, 3.63) is 65.1 Å². The Kier molecular flexibility index (Phi) is 2.92. The fourth-order valence-electron chi connectivity index (χ4n) is 2.49. The van der Waals surface area contributed by atoms with Crippen LogP contribution in [0.5, 0.6) is 0 Å². The molecular weight excluding hydrogens is 312 g/mol. The van der Waals surface area contributed by atoms with Gasteiger partial charge in [0, 0.05) is 12.4 Å². The summed E-state index contributed by atoms with van der Waals surface area (Å²) in [4.78, 5) is 45.9. The van der Waals surface area contributed by atoms with Gasteiger partial charge in [0.25, 0.3) is 11.8 Å². The van der Waals surface area contributed by atoms with Crippen molar-refractivity contribution in [1.82, 2.24) is 19.7 Å². The molecule has 24 heavy (non-hydrogen) atoms. The highest BCUT2D eigenvalue weighted by Crippen LogP contribution is 2.23. The lowest BCUT2D eigenvalue weighted by atomic mass is 10.1. The van der Waals surface area contributed by atoms with Gasteiger partial charge in [0.1, 0.15) is 5.56 Å². The summed E-state index contributed by atoms with van der Waals surface area (Å²) in [6, 6.07) is 6.27. The second-order valence-electron chi connectivity index (χ2n) is 5.29. The van der Waals surface area contributed by atoms with Crippen molar-refractivity contribution in [3.8, 4) is 0 Å². The van der Waals surface area contributed by atoms with E-state index in [0.29, 0.717) is 5.06 Å². The third kappa shape index (κ3) is 1.97. The van der Waals surface area contributed by atoms with E-state index in [1.807, 2.05) is 6.92 Å². The monoisotopic (exact) mass is 322 g/mol. The molecule has 0 saturated carbocycles. The lowest BCUT2D eigenvalue weighted by Gasteiger charge is -2.11. The first kappa shape index (κ1) is 14.1. The van der Waals surface area contributed by atoms with Crippen molar-refractivity contribution in [3.63, 3.8) is 0 Å². The normalized spacial score (nSPS) is 13.5. The number of nitrogens with zero attached hydrogens (tertiary/aromatic N) is 4. The minimum Gasteiger partial charge on any atom is -0.324 e. The van der Waals surface area contributed by atoms with Gasteiger partial charge in [0.05, 0.1) is 17.3 Å². The molecule has 0 atom stereocenters. The maximum Gasteiger partial charge on any atom is 0.369 e. The Balaban J connectivity index is 1.65. The van der Waals surface area contributed by atoms with Crippen LogP contribution in [-0.2, 0) is 4.84 Å². The van der Waals surface area contributed by atoms with Gasteiger partial charge in [0.15, 0.2) is 5.65 Å². The minimum absolute atomic E-state index is 0.0616. The molecule has 0 spiro atoms. The van der Waals surface area contributed by atoms with Crippen LogP contribution in [0.1, 0.15) is 36.6 Å². The Labute approximate surface area is 135 Å². The van der Waals surface area contributed by atoms with Crippen molar-refractivity contribution in [2.75, 3.05) is 0 Å². The van der Waals surface area contributed by atoms with Crippen LogP contribution in [0.15, 0.2) is 42.9 Å². The molecule has 2 aromatic heterocycles. The Morgan fingerprint density at radius 3 is 2.42 bits per heavy atom. The van der Waals surface area contributed by atoms with Crippen LogP contribution in [0.25, 0.3) is 5.65 Å². The lowest BCUT2D eigenvalue weighted by Crippen LogP contribution is -2.32. The minimum atomic E-state index is -0.879. The molecule has 0 N–H and O–H groups in total. The molecule has 1 aliphatic heterocycles. The highest BCUT2D eigenvalue weighted by Gasteiger charge is 2.39. The molecule has 3 aromatic rings. The highest BCUT2D eigenvalue weighted by atomic mass is 16.7. The molecule has 0 bridgehead atoms. The first-order chi connectivity index (χ1) is 11.6. The Bertz CT molecular complexity index is 989. The molecular formula is C16H10N4O4. The molecule has 118 valence electrons. The Morgan fingerprint density at radius 2 is 1.75 bits per heavy atom. The van der Waals surface area contributed by atoms with Gasteiger partial charge < -0.3 is 4.84 Å². The average molecular weight is 322 g/mol. The largest absolute Gasteiger partial charge is 0.369 e. The first-order valence-electron chi connectivity index (χ1n) is 7.06. The number of fused-ring (bicyclic) bond motifs is 2. The second-order valence-corrected chi connectivity index (χ2v) is 5.29. The van der Waals surface area contributed by atoms with E-state index < -0.39 is 17.8 Å². The summed E-state index contributed by atoms with van der Waals surface area (Å²) in [6.07, 6.45) is 4.55. The van der Waals surface area contributed by atoms with Crippen LogP contribution in [0.4, 0.5) is 0 Å². The predicted octanol–water partition coefficient (Wildman–Crippen LogP) is 1.41. The molecule has 1 aromatic carbocycles. The quantitative estimate of drug-likeness (QED) is 0.662. The summed E-state index contributed by atoms with van der Waals surface area (Å²) in [7, 11) is 0. The SMILES string of the molecule is Cc1cnc2c(C(=O)ON3C(=O)c4ccccc4C3=O)cnn2c1. The zero-order valence-corrected chi connectivity index (χ0v) is 12.5. The van der Waals surface area contributed by atoms with E-state index in [1.165, 1.54) is 22.8 Å². The van der Waals surface area contributed by atoms with E-state index in [1.54, 1.807) is 24.5 Å². The zero-order chi connectivity index (χ0) is 16.8. The third-order valence-electron chi connectivity index (χ3n) is 3.64. The Morgan fingerprint density at radius 1 is 1.08 bits per heavy atom. The van der Waals surface area contributed by atoms with Gasteiger partial charge in [-0.15, -0.1) is 0 Å². The molecule has 4 rings (SSSR count). The van der Waals surface area contributed by atoms with Crippen molar-refractivity contribution < 1.29 is 19.2 Å². The number of hydrogen-bond donors (Lipinski definition) is 0. The van der Waals surface area contributed by atoms with E-state index in [4.69, 9.17) is 4.84 Å². The molecule has 3 heterocycles. The molecule has 0 saturated heterocycles. The van der Waals surface area contributed by atoms with Gasteiger partial charge in [-0.25, -0.2) is 14.3 Å². The molecule has 1 aliphatic rings. The number of benzene rings is 1. The van der Waals surface area contributed by atoms with E-state index >= 15 is 0 Å². The maximum absolute atomic E-state index is 12.3. The van der Waals surface area contributed by atoms with Crippen molar-refractivity contribution in [2.24, 2.45) is 0 Å². The van der Waals surface area contributed by atoms with Crippen LogP contribution in [-0.4, -0.2) is 37.4 Å². The highest BCUT2D eigenvalue weighted by molar-refractivity contribution is 6.21. The summed E-state index contributed by atoms with van der Waals surface area (Å²) < 4.78 is 1.42. The number of carbonyl (C=O) groups is 3. The van der Waals surface area contributed by atoms with Crippen molar-refractivity contribution in [1.29, 1.82) is 0 Å². The third-order valence-corrected chi connectivity index (χ3v) is 3.64. The number of rotatable bonds is 2. The standard InChI is InChI=1S/C16H10N4O4/c1-9-6-17-13-12(7-18-19(13)8-9)16(23)24-20-14(21)10-4-2-3-5-11(10)15(20)22/h2-8H,1H3. The summed E-state index contributed by atoms with van der Waals surface area (Å²) in [5, 5.41) is 4.48. The molecule has 2 amide bonds. The van der Waals surface area contributed by atoms with Gasteiger partial charge in [0.2, 0.25) is 0 Å². The molecule has 0 fully saturated rings. The molecule has 0 aliphatic carbocycles. The summed E-state index contributed by atoms with van der Waals surface area (Å²) in [6.45, 7) is 1.84. The van der Waals surface area contributed by atoms with Crippen LogP contribution in [0, 0.1) is 6.92 Å². The van der Waals surface area contributed by atoms with Crippen LogP contribution < -0.4 is 0 Å². The smallest absolute Gasteiger partial charge is 0.324 e. The van der Waals surface area contributed by atoms with Gasteiger partial charge >= 0.3 is 5.97 Å². The number of carbonyl (C=O) groups excluding carboxylic acids is 3. The maximum atomic E-state index is 12.3. The van der Waals surface area contributed by atoms with Crippen LogP contribution in [0.3, 0.4) is 0 Å². The summed E-state index contributed by atoms with van der Waals surface area (Å²) in [5.74, 6) is -2.23. The van der Waals surface area contributed by atoms with Gasteiger partial charge in [-0.05, 0) is 24.6 Å². The van der Waals surface area contributed by atoms with E-state index in [2.05, 4.69) is 10.1 Å². The molecule has 0 radical (unpaired) electrons.